The van der Waals surface area contributed by atoms with Crippen LogP contribution in [0.5, 0.6) is 5.75 Å². The van der Waals surface area contributed by atoms with Crippen molar-refractivity contribution in [3.63, 3.8) is 0 Å². The third-order valence-corrected chi connectivity index (χ3v) is 4.35. The highest BCUT2D eigenvalue weighted by molar-refractivity contribution is 5.86. The number of aryl methyl sites for hydroxylation is 1. The molecule has 0 spiro atoms. The number of aliphatic carboxylic acids is 1. The minimum Gasteiger partial charge on any atom is -0.485 e. The van der Waals surface area contributed by atoms with Crippen LogP contribution in [0.2, 0.25) is 0 Å². The molecule has 1 N–H and O–H groups in total. The van der Waals surface area contributed by atoms with Gasteiger partial charge in [0.2, 0.25) is 0 Å². The van der Waals surface area contributed by atoms with Gasteiger partial charge in [-0.3, -0.25) is 9.80 Å². The largest absolute Gasteiger partial charge is 0.485 e. The van der Waals surface area contributed by atoms with Crippen molar-refractivity contribution in [3.8, 4) is 5.75 Å². The first-order chi connectivity index (χ1) is 13.3. The minimum atomic E-state index is -1.04. The van der Waals surface area contributed by atoms with Crippen LogP contribution in [0.25, 0.3) is 0 Å². The fraction of sp³-hybridized carbons (Fsp3) is 0.300. The van der Waals surface area contributed by atoms with Gasteiger partial charge in [0.25, 0.3) is 0 Å². The van der Waals surface area contributed by atoms with E-state index < -0.39 is 23.4 Å². The molecule has 1 atom stereocenters. The van der Waals surface area contributed by atoms with Crippen LogP contribution >= 0.6 is 0 Å². The lowest BCUT2D eigenvalue weighted by Crippen LogP contribution is -2.32. The Balaban J connectivity index is 1.70. The van der Waals surface area contributed by atoms with Crippen LogP contribution in [-0.4, -0.2) is 29.4 Å². The van der Waals surface area contributed by atoms with Crippen molar-refractivity contribution in [1.82, 2.24) is 0 Å². The average molecular weight is 392 g/mol. The summed E-state index contributed by atoms with van der Waals surface area (Å²) in [5.41, 5.74) is 1.72. The van der Waals surface area contributed by atoms with E-state index in [2.05, 4.69) is 5.10 Å². The molecule has 28 heavy (non-hydrogen) atoms. The van der Waals surface area contributed by atoms with E-state index in [9.17, 15) is 18.0 Å². The lowest BCUT2D eigenvalue weighted by atomic mass is 10.1. The Morgan fingerprint density at radius 3 is 2.46 bits per heavy atom. The van der Waals surface area contributed by atoms with Crippen molar-refractivity contribution in [3.05, 3.63) is 59.4 Å². The van der Waals surface area contributed by atoms with Gasteiger partial charge in [-0.15, -0.1) is 0 Å². The van der Waals surface area contributed by atoms with Gasteiger partial charge in [0.1, 0.15) is 12.4 Å². The van der Waals surface area contributed by atoms with Crippen LogP contribution in [-0.2, 0) is 11.2 Å². The maximum absolute atomic E-state index is 14.3. The number of ether oxygens (including phenoxy) is 1. The lowest BCUT2D eigenvalue weighted by molar-refractivity contribution is -0.136. The molecule has 0 saturated carbocycles. The number of carbonyl (C=O) groups is 1. The van der Waals surface area contributed by atoms with Gasteiger partial charge in [-0.05, 0) is 55.3 Å². The Kier molecular flexibility index (Phi) is 5.87. The second-order valence-electron chi connectivity index (χ2n) is 6.61. The Morgan fingerprint density at radius 1 is 1.21 bits per heavy atom. The Morgan fingerprint density at radius 2 is 1.86 bits per heavy atom. The maximum Gasteiger partial charge on any atom is 0.303 e. The lowest BCUT2D eigenvalue weighted by Gasteiger charge is -2.24. The molecule has 1 aliphatic rings. The molecule has 0 aromatic heterocycles. The normalized spacial score (nSPS) is 16.2. The number of carboxylic acid groups (broad SMARTS) is 1. The van der Waals surface area contributed by atoms with E-state index in [0.29, 0.717) is 12.1 Å². The summed E-state index contributed by atoms with van der Waals surface area (Å²) in [7, 11) is 0. The summed E-state index contributed by atoms with van der Waals surface area (Å²) in [5, 5.41) is 14.7. The molecule has 148 valence electrons. The molecular weight excluding hydrogens is 373 g/mol. The quantitative estimate of drug-likeness (QED) is 0.769. The number of hydrogen-bond donors (Lipinski definition) is 1. The highest BCUT2D eigenvalue weighted by Crippen LogP contribution is 2.28. The van der Waals surface area contributed by atoms with E-state index in [1.807, 2.05) is 6.92 Å². The predicted octanol–water partition coefficient (Wildman–Crippen LogP) is 4.15. The van der Waals surface area contributed by atoms with Crippen LogP contribution < -0.4 is 9.75 Å². The van der Waals surface area contributed by atoms with Crippen molar-refractivity contribution < 1.29 is 27.8 Å². The molecule has 3 rings (SSSR count). The maximum atomic E-state index is 14.3. The predicted molar refractivity (Wildman–Crippen MR) is 98.2 cm³/mol. The van der Waals surface area contributed by atoms with E-state index in [0.717, 1.165) is 17.8 Å². The molecule has 0 fully saturated rings. The zero-order valence-electron chi connectivity index (χ0n) is 15.2. The summed E-state index contributed by atoms with van der Waals surface area (Å²) in [6.45, 7) is 1.80. The van der Waals surface area contributed by atoms with Gasteiger partial charge in [0.15, 0.2) is 17.4 Å². The van der Waals surface area contributed by atoms with Gasteiger partial charge in [-0.1, -0.05) is 0 Å². The zero-order chi connectivity index (χ0) is 20.3. The van der Waals surface area contributed by atoms with Crippen LogP contribution in [0.15, 0.2) is 41.5 Å². The monoisotopic (exact) mass is 392 g/mol. The molecule has 0 radical (unpaired) electrons. The van der Waals surface area contributed by atoms with Gasteiger partial charge in [-0.2, -0.15) is 5.10 Å². The SMILES string of the molecule is CC1=NN(c2ccc(F)cc2)C(COc2c(F)cc(CCC(=O)O)cc2F)C1. The number of benzene rings is 2. The van der Waals surface area contributed by atoms with Crippen LogP contribution in [0.1, 0.15) is 25.3 Å². The molecule has 0 bridgehead atoms. The summed E-state index contributed by atoms with van der Waals surface area (Å²) < 4.78 is 47.1. The Labute approximate surface area is 160 Å². The number of rotatable bonds is 7. The molecule has 0 saturated heterocycles. The number of hydrazone groups is 1. The number of halogens is 3. The van der Waals surface area contributed by atoms with Crippen molar-refractivity contribution >= 4 is 17.4 Å². The molecule has 1 heterocycles. The Hall–Kier alpha value is -3.03. The number of anilines is 1. The summed E-state index contributed by atoms with van der Waals surface area (Å²) in [4.78, 5) is 10.6. The van der Waals surface area contributed by atoms with Crippen molar-refractivity contribution in [1.29, 1.82) is 0 Å². The van der Waals surface area contributed by atoms with E-state index >= 15 is 0 Å². The standard InChI is InChI=1S/C20H19F3N2O3/c1-12-8-16(25(24-12)15-5-3-14(21)4-6-15)11-28-20-17(22)9-13(10-18(20)23)2-7-19(26)27/h3-6,9-10,16H,2,7-8,11H2,1H3,(H,26,27). The molecular formula is C20H19F3N2O3. The topological polar surface area (TPSA) is 62.1 Å². The first-order valence-electron chi connectivity index (χ1n) is 8.75. The molecule has 1 unspecified atom stereocenters. The molecule has 1 aliphatic heterocycles. The molecule has 2 aromatic carbocycles. The van der Waals surface area contributed by atoms with Gasteiger partial charge in [0.05, 0.1) is 11.7 Å². The average Bonchev–Trinajstić information content (AvgIpc) is 3.00. The number of nitrogens with zero attached hydrogens (tertiary/aromatic N) is 2. The van der Waals surface area contributed by atoms with E-state index in [1.165, 1.54) is 12.1 Å². The molecule has 0 aliphatic carbocycles. The molecule has 8 heteroatoms. The van der Waals surface area contributed by atoms with Gasteiger partial charge >= 0.3 is 5.97 Å². The van der Waals surface area contributed by atoms with Gasteiger partial charge in [-0.25, -0.2) is 13.2 Å². The van der Waals surface area contributed by atoms with Crippen molar-refractivity contribution in [2.75, 3.05) is 11.6 Å². The fourth-order valence-corrected chi connectivity index (χ4v) is 3.05. The highest BCUT2D eigenvalue weighted by Gasteiger charge is 2.27. The third-order valence-electron chi connectivity index (χ3n) is 4.35. The second-order valence-corrected chi connectivity index (χ2v) is 6.61. The van der Waals surface area contributed by atoms with Gasteiger partial charge in [0, 0.05) is 18.6 Å². The minimum absolute atomic E-state index is 0.0253. The van der Waals surface area contributed by atoms with Crippen LogP contribution in [0.3, 0.4) is 0 Å². The second kappa shape index (κ2) is 8.33. The summed E-state index contributed by atoms with van der Waals surface area (Å²) in [6, 6.07) is 7.63. The first kappa shape index (κ1) is 19.7. The summed E-state index contributed by atoms with van der Waals surface area (Å²) in [6.07, 6.45) is 0.346. The van der Waals surface area contributed by atoms with E-state index in [-0.39, 0.29) is 36.9 Å². The summed E-state index contributed by atoms with van der Waals surface area (Å²) >= 11 is 0. The van der Waals surface area contributed by atoms with E-state index in [4.69, 9.17) is 9.84 Å². The Bertz CT molecular complexity index is 877. The van der Waals surface area contributed by atoms with E-state index in [1.54, 1.807) is 17.1 Å². The van der Waals surface area contributed by atoms with Crippen LogP contribution in [0, 0.1) is 17.5 Å². The molecule has 2 aromatic rings. The molecule has 5 nitrogen and oxygen atoms in total. The van der Waals surface area contributed by atoms with Crippen molar-refractivity contribution in [2.45, 2.75) is 32.2 Å². The smallest absolute Gasteiger partial charge is 0.303 e. The van der Waals surface area contributed by atoms with Crippen LogP contribution in [0.4, 0.5) is 18.9 Å². The zero-order valence-corrected chi connectivity index (χ0v) is 15.2. The fourth-order valence-electron chi connectivity index (χ4n) is 3.05. The number of hydrogen-bond acceptors (Lipinski definition) is 4. The highest BCUT2D eigenvalue weighted by atomic mass is 19.1. The number of carboxylic acids is 1. The molecule has 0 amide bonds. The summed E-state index contributed by atoms with van der Waals surface area (Å²) in [5.74, 6) is -3.70. The first-order valence-corrected chi connectivity index (χ1v) is 8.75. The van der Waals surface area contributed by atoms with Crippen molar-refractivity contribution in [2.24, 2.45) is 5.10 Å². The van der Waals surface area contributed by atoms with Gasteiger partial charge < -0.3 is 9.84 Å². The third kappa shape index (κ3) is 4.62.